The maximum atomic E-state index is 13.4. The number of rotatable bonds is 0. The lowest BCUT2D eigenvalue weighted by atomic mass is 10.2. The minimum Gasteiger partial charge on any atom is -0.263 e. The molecule has 16 heavy (non-hydrogen) atoms. The first-order chi connectivity index (χ1) is 7.77. The minimum atomic E-state index is -0.548. The van der Waals surface area contributed by atoms with Gasteiger partial charge >= 0.3 is 0 Å². The zero-order chi connectivity index (χ0) is 11.4. The summed E-state index contributed by atoms with van der Waals surface area (Å²) in [5, 5.41) is -0.0296. The molecule has 0 aliphatic heterocycles. The molecule has 0 atom stereocenters. The van der Waals surface area contributed by atoms with Gasteiger partial charge in [0.25, 0.3) is 0 Å². The van der Waals surface area contributed by atoms with Crippen molar-refractivity contribution in [3.8, 4) is 11.8 Å². The monoisotopic (exact) mass is 232 g/mol. The predicted octanol–water partition coefficient (Wildman–Crippen LogP) is 2.67. The molecule has 0 aliphatic carbocycles. The molecule has 0 saturated carbocycles. The van der Waals surface area contributed by atoms with E-state index in [1.165, 1.54) is 12.4 Å². The highest BCUT2D eigenvalue weighted by molar-refractivity contribution is 6.30. The van der Waals surface area contributed by atoms with E-state index in [1.54, 1.807) is 24.5 Å². The highest BCUT2D eigenvalue weighted by atomic mass is 35.5. The summed E-state index contributed by atoms with van der Waals surface area (Å²) < 4.78 is 13.4. The number of pyridine rings is 2. The lowest BCUT2D eigenvalue weighted by Crippen LogP contribution is -1.87. The largest absolute Gasteiger partial charge is 0.263 e. The molecule has 0 N–H and O–H groups in total. The molecule has 0 fully saturated rings. The van der Waals surface area contributed by atoms with Crippen LogP contribution < -0.4 is 0 Å². The molecule has 2 rings (SSSR count). The first kappa shape index (κ1) is 10.6. The van der Waals surface area contributed by atoms with Crippen molar-refractivity contribution in [2.75, 3.05) is 0 Å². The molecule has 2 nitrogen and oxygen atoms in total. The predicted molar refractivity (Wildman–Crippen MR) is 59.4 cm³/mol. The fourth-order valence-electron chi connectivity index (χ4n) is 1.08. The van der Waals surface area contributed by atoms with Crippen LogP contribution in [-0.2, 0) is 0 Å². The number of aromatic nitrogens is 2. The zero-order valence-electron chi connectivity index (χ0n) is 8.11. The average Bonchev–Trinajstić information content (AvgIpc) is 2.32. The second-order valence-electron chi connectivity index (χ2n) is 2.97. The molecule has 2 aromatic heterocycles. The van der Waals surface area contributed by atoms with Crippen molar-refractivity contribution < 1.29 is 4.39 Å². The highest BCUT2D eigenvalue weighted by Crippen LogP contribution is 2.15. The van der Waals surface area contributed by atoms with E-state index in [0.29, 0.717) is 5.56 Å². The molecule has 0 saturated heterocycles. The van der Waals surface area contributed by atoms with Crippen molar-refractivity contribution in [2.24, 2.45) is 0 Å². The van der Waals surface area contributed by atoms with Crippen LogP contribution in [0.25, 0.3) is 0 Å². The van der Waals surface area contributed by atoms with E-state index in [0.717, 1.165) is 0 Å². The molecule has 0 bridgehead atoms. The number of halogens is 2. The van der Waals surface area contributed by atoms with Crippen LogP contribution in [0.2, 0.25) is 5.02 Å². The van der Waals surface area contributed by atoms with Gasteiger partial charge < -0.3 is 0 Å². The van der Waals surface area contributed by atoms with Crippen LogP contribution >= 0.6 is 11.6 Å². The van der Waals surface area contributed by atoms with Gasteiger partial charge in [-0.05, 0) is 12.1 Å². The van der Waals surface area contributed by atoms with Crippen molar-refractivity contribution in [3.63, 3.8) is 0 Å². The summed E-state index contributed by atoms with van der Waals surface area (Å²) in [6.45, 7) is 0. The van der Waals surface area contributed by atoms with Crippen LogP contribution in [0, 0.1) is 17.7 Å². The van der Waals surface area contributed by atoms with Crippen LogP contribution in [-0.4, -0.2) is 9.97 Å². The highest BCUT2D eigenvalue weighted by Gasteiger charge is 2.03. The van der Waals surface area contributed by atoms with Crippen LogP contribution in [0.1, 0.15) is 11.1 Å². The first-order valence-electron chi connectivity index (χ1n) is 4.48. The van der Waals surface area contributed by atoms with Gasteiger partial charge in [0.15, 0.2) is 5.82 Å². The van der Waals surface area contributed by atoms with Crippen molar-refractivity contribution in [3.05, 3.63) is 58.9 Å². The Bertz CT molecular complexity index is 558. The van der Waals surface area contributed by atoms with Crippen LogP contribution in [0.15, 0.2) is 36.9 Å². The van der Waals surface area contributed by atoms with Gasteiger partial charge in [0.1, 0.15) is 0 Å². The van der Waals surface area contributed by atoms with Gasteiger partial charge in [-0.15, -0.1) is 0 Å². The molecule has 0 aliphatic rings. The Kier molecular flexibility index (Phi) is 3.13. The van der Waals surface area contributed by atoms with Crippen LogP contribution in [0.4, 0.5) is 4.39 Å². The maximum absolute atomic E-state index is 13.4. The van der Waals surface area contributed by atoms with Gasteiger partial charge in [-0.25, -0.2) is 4.39 Å². The number of hydrogen-bond acceptors (Lipinski definition) is 2. The molecule has 4 heteroatoms. The molecular weight excluding hydrogens is 227 g/mol. The Morgan fingerprint density at radius 2 is 2.00 bits per heavy atom. The maximum Gasteiger partial charge on any atom is 0.160 e. The van der Waals surface area contributed by atoms with E-state index in [9.17, 15) is 4.39 Å². The quantitative estimate of drug-likeness (QED) is 0.653. The van der Waals surface area contributed by atoms with Crippen LogP contribution in [0.5, 0.6) is 0 Å². The Hall–Kier alpha value is -1.92. The lowest BCUT2D eigenvalue weighted by Gasteiger charge is -1.94. The Morgan fingerprint density at radius 3 is 2.75 bits per heavy atom. The van der Waals surface area contributed by atoms with E-state index in [-0.39, 0.29) is 10.6 Å². The summed E-state index contributed by atoms with van der Waals surface area (Å²) in [5.41, 5.74) is 0.887. The summed E-state index contributed by atoms with van der Waals surface area (Å²) in [4.78, 5) is 7.67. The smallest absolute Gasteiger partial charge is 0.160 e. The second-order valence-corrected chi connectivity index (χ2v) is 3.38. The number of nitrogens with zero attached hydrogens (tertiary/aromatic N) is 2. The zero-order valence-corrected chi connectivity index (χ0v) is 8.87. The molecule has 0 radical (unpaired) electrons. The van der Waals surface area contributed by atoms with Gasteiger partial charge in [0.05, 0.1) is 10.6 Å². The fraction of sp³-hybridized carbons (Fsp3) is 0. The molecule has 0 amide bonds. The van der Waals surface area contributed by atoms with Crippen molar-refractivity contribution in [1.82, 2.24) is 9.97 Å². The van der Waals surface area contributed by atoms with Gasteiger partial charge in [-0.2, -0.15) is 0 Å². The van der Waals surface area contributed by atoms with E-state index in [2.05, 4.69) is 21.8 Å². The summed E-state index contributed by atoms with van der Waals surface area (Å²) in [6.07, 6.45) is 5.83. The van der Waals surface area contributed by atoms with E-state index < -0.39 is 5.82 Å². The normalized spacial score (nSPS) is 9.38. The summed E-state index contributed by atoms with van der Waals surface area (Å²) in [6, 6.07) is 3.55. The standard InChI is InChI=1S/C12H6ClFN2/c13-11-8-16-7-10(12(11)14)4-3-9-2-1-5-15-6-9/h1-2,5-8H. The van der Waals surface area contributed by atoms with E-state index >= 15 is 0 Å². The topological polar surface area (TPSA) is 25.8 Å². The molecule has 2 aromatic rings. The average molecular weight is 233 g/mol. The Balaban J connectivity index is 2.35. The lowest BCUT2D eigenvalue weighted by molar-refractivity contribution is 0.622. The summed E-state index contributed by atoms with van der Waals surface area (Å²) >= 11 is 5.58. The third-order valence-corrected chi connectivity index (χ3v) is 2.10. The summed E-state index contributed by atoms with van der Waals surface area (Å²) in [7, 11) is 0. The molecule has 0 aromatic carbocycles. The molecule has 0 spiro atoms. The number of hydrogen-bond donors (Lipinski definition) is 0. The van der Waals surface area contributed by atoms with Gasteiger partial charge in [0.2, 0.25) is 0 Å². The second kappa shape index (κ2) is 4.73. The molecule has 2 heterocycles. The van der Waals surface area contributed by atoms with Gasteiger partial charge in [-0.1, -0.05) is 23.4 Å². The van der Waals surface area contributed by atoms with Crippen molar-refractivity contribution >= 4 is 11.6 Å². The van der Waals surface area contributed by atoms with Crippen molar-refractivity contribution in [2.45, 2.75) is 0 Å². The third kappa shape index (κ3) is 2.36. The van der Waals surface area contributed by atoms with Gasteiger partial charge in [-0.3, -0.25) is 9.97 Å². The van der Waals surface area contributed by atoms with Crippen LogP contribution in [0.3, 0.4) is 0 Å². The molecule has 0 unspecified atom stereocenters. The SMILES string of the molecule is Fc1c(Cl)cncc1C#Cc1cccnc1. The summed E-state index contributed by atoms with van der Waals surface area (Å²) in [5.74, 6) is 4.89. The van der Waals surface area contributed by atoms with Gasteiger partial charge in [0, 0.05) is 30.4 Å². The minimum absolute atomic E-state index is 0.0296. The molecule has 78 valence electrons. The van der Waals surface area contributed by atoms with Crippen molar-refractivity contribution in [1.29, 1.82) is 0 Å². The van der Waals surface area contributed by atoms with E-state index in [1.807, 2.05) is 0 Å². The third-order valence-electron chi connectivity index (χ3n) is 1.84. The Labute approximate surface area is 97.1 Å². The molecular formula is C12H6ClFN2. The first-order valence-corrected chi connectivity index (χ1v) is 4.86. The fourth-order valence-corrected chi connectivity index (χ4v) is 1.24. The Morgan fingerprint density at radius 1 is 1.12 bits per heavy atom. The van der Waals surface area contributed by atoms with E-state index in [4.69, 9.17) is 11.6 Å².